The van der Waals surface area contributed by atoms with E-state index in [9.17, 15) is 24.3 Å². The Balaban J connectivity index is 1.45. The summed E-state index contributed by atoms with van der Waals surface area (Å²) in [5.74, 6) is -1.53. The molecule has 50 heavy (non-hydrogen) atoms. The SMILES string of the molecule is CC(C)(C)OC(=O)NC(=N)c1ccc2cc(C(=O)N[C@H]3CC[C@H](NC(=O)OC(C)(C)C)CC3)n(Cc3cc(C(=O)O)cc4ccccc34)c2c1. The fraction of sp³-hybridized carbons (Fsp3) is 0.395. The predicted octanol–water partition coefficient (Wildman–Crippen LogP) is 6.96. The fourth-order valence-corrected chi connectivity index (χ4v) is 6.18. The van der Waals surface area contributed by atoms with Crippen LogP contribution in [0.3, 0.4) is 0 Å². The molecule has 5 rings (SSSR count). The molecule has 0 aliphatic heterocycles. The number of hydrogen-bond donors (Lipinski definition) is 5. The highest BCUT2D eigenvalue weighted by Gasteiger charge is 2.27. The summed E-state index contributed by atoms with van der Waals surface area (Å²) in [6.07, 6.45) is 1.47. The molecular formula is C38H45N5O7. The number of ether oxygens (including phenoxy) is 2. The Hall–Kier alpha value is -5.39. The molecule has 12 heteroatoms. The Morgan fingerprint density at radius 1 is 0.780 bits per heavy atom. The van der Waals surface area contributed by atoms with Crippen LogP contribution >= 0.6 is 0 Å². The van der Waals surface area contributed by atoms with E-state index in [0.29, 0.717) is 48.0 Å². The fourth-order valence-electron chi connectivity index (χ4n) is 6.18. The second-order valence-corrected chi connectivity index (χ2v) is 14.7. The lowest BCUT2D eigenvalue weighted by molar-refractivity contribution is 0.0486. The molecule has 1 aliphatic carbocycles. The maximum absolute atomic E-state index is 14.0. The summed E-state index contributed by atoms with van der Waals surface area (Å²) in [6.45, 7) is 10.8. The molecule has 1 fully saturated rings. The van der Waals surface area contributed by atoms with Crippen LogP contribution in [0.4, 0.5) is 9.59 Å². The largest absolute Gasteiger partial charge is 0.478 e. The van der Waals surface area contributed by atoms with E-state index >= 15 is 0 Å². The van der Waals surface area contributed by atoms with Crippen LogP contribution in [0, 0.1) is 5.41 Å². The number of carbonyl (C=O) groups is 4. The van der Waals surface area contributed by atoms with Crippen LogP contribution in [0.5, 0.6) is 0 Å². The molecule has 0 saturated heterocycles. The minimum absolute atomic E-state index is 0.0535. The van der Waals surface area contributed by atoms with E-state index in [-0.39, 0.29) is 35.9 Å². The topological polar surface area (TPSA) is 172 Å². The van der Waals surface area contributed by atoms with E-state index in [1.54, 1.807) is 57.2 Å². The summed E-state index contributed by atoms with van der Waals surface area (Å²) in [5.41, 5.74) is 0.877. The maximum atomic E-state index is 14.0. The van der Waals surface area contributed by atoms with Crippen molar-refractivity contribution in [3.63, 3.8) is 0 Å². The molecule has 0 spiro atoms. The highest BCUT2D eigenvalue weighted by molar-refractivity contribution is 6.07. The van der Waals surface area contributed by atoms with Gasteiger partial charge >= 0.3 is 18.2 Å². The van der Waals surface area contributed by atoms with Gasteiger partial charge in [0.25, 0.3) is 5.91 Å². The number of carbonyl (C=O) groups excluding carboxylic acids is 3. The zero-order valence-corrected chi connectivity index (χ0v) is 29.3. The first kappa shape index (κ1) is 35.9. The number of rotatable bonds is 7. The van der Waals surface area contributed by atoms with Crippen molar-refractivity contribution in [3.05, 3.63) is 83.0 Å². The average molecular weight is 684 g/mol. The number of fused-ring (bicyclic) bond motifs is 2. The number of nitrogens with one attached hydrogen (secondary N) is 4. The Bertz CT molecular complexity index is 1960. The van der Waals surface area contributed by atoms with Gasteiger partial charge in [-0.25, -0.2) is 14.4 Å². The van der Waals surface area contributed by atoms with Gasteiger partial charge in [-0.1, -0.05) is 36.4 Å². The van der Waals surface area contributed by atoms with E-state index in [0.717, 1.165) is 16.2 Å². The highest BCUT2D eigenvalue weighted by atomic mass is 16.6. The number of aromatic carboxylic acids is 1. The van der Waals surface area contributed by atoms with Crippen molar-refractivity contribution in [3.8, 4) is 0 Å². The third-order valence-corrected chi connectivity index (χ3v) is 8.36. The number of carboxylic acid groups (broad SMARTS) is 1. The third kappa shape index (κ3) is 8.99. The first-order chi connectivity index (χ1) is 23.5. The van der Waals surface area contributed by atoms with Gasteiger partial charge in [0.2, 0.25) is 0 Å². The highest BCUT2D eigenvalue weighted by Crippen LogP contribution is 2.28. The van der Waals surface area contributed by atoms with Gasteiger partial charge in [0.1, 0.15) is 22.7 Å². The van der Waals surface area contributed by atoms with E-state index in [1.165, 1.54) is 0 Å². The van der Waals surface area contributed by atoms with E-state index in [2.05, 4.69) is 16.0 Å². The van der Waals surface area contributed by atoms with Crippen molar-refractivity contribution >= 4 is 51.6 Å². The average Bonchev–Trinajstić information content (AvgIpc) is 3.37. The molecule has 4 aromatic rings. The van der Waals surface area contributed by atoms with Crippen molar-refractivity contribution < 1.29 is 33.8 Å². The van der Waals surface area contributed by atoms with Crippen LogP contribution < -0.4 is 16.0 Å². The molecule has 264 valence electrons. The number of aromatic nitrogens is 1. The van der Waals surface area contributed by atoms with Crippen LogP contribution in [0.2, 0.25) is 0 Å². The van der Waals surface area contributed by atoms with Crippen LogP contribution in [0.25, 0.3) is 21.7 Å². The first-order valence-electron chi connectivity index (χ1n) is 16.7. The standard InChI is InChI=1S/C38H45N5O7/c1-37(2,3)49-35(47)41-28-15-13-27(14-16-28)40-33(44)31-19-23-11-12-24(32(39)42-36(48)50-38(4,5)6)20-30(23)43(31)21-26-18-25(34(45)46)17-22-9-7-8-10-29(22)26/h7-12,17-20,27-28H,13-16,21H2,1-6H3,(H,40,44)(H,41,47)(H,45,46)(H2,39,42,48)/t27-,28-. The third-order valence-electron chi connectivity index (χ3n) is 8.36. The number of amides is 3. The van der Waals surface area contributed by atoms with Crippen LogP contribution in [-0.4, -0.2) is 62.9 Å². The van der Waals surface area contributed by atoms with Crippen molar-refractivity contribution in [2.45, 2.75) is 97.1 Å². The molecule has 0 radical (unpaired) electrons. The number of hydrogen-bond acceptors (Lipinski definition) is 7. The molecule has 1 aromatic heterocycles. The zero-order valence-electron chi connectivity index (χ0n) is 29.3. The summed E-state index contributed by atoms with van der Waals surface area (Å²) < 4.78 is 12.5. The normalized spacial score (nSPS) is 16.4. The van der Waals surface area contributed by atoms with Gasteiger partial charge in [-0.3, -0.25) is 15.5 Å². The van der Waals surface area contributed by atoms with Crippen molar-refractivity contribution in [1.29, 1.82) is 5.41 Å². The van der Waals surface area contributed by atoms with Gasteiger partial charge in [-0.2, -0.15) is 0 Å². The van der Waals surface area contributed by atoms with Crippen molar-refractivity contribution in [1.82, 2.24) is 20.5 Å². The molecule has 1 saturated carbocycles. The monoisotopic (exact) mass is 683 g/mol. The summed E-state index contributed by atoms with van der Waals surface area (Å²) in [7, 11) is 0. The lowest BCUT2D eigenvalue weighted by Crippen LogP contribution is -2.45. The number of nitrogens with zero attached hydrogens (tertiary/aromatic N) is 1. The number of carboxylic acids is 1. The zero-order chi connectivity index (χ0) is 36.4. The second-order valence-electron chi connectivity index (χ2n) is 14.7. The van der Waals surface area contributed by atoms with E-state index < -0.39 is 29.4 Å². The predicted molar refractivity (Wildman–Crippen MR) is 191 cm³/mol. The Morgan fingerprint density at radius 3 is 2.04 bits per heavy atom. The first-order valence-corrected chi connectivity index (χ1v) is 16.7. The minimum Gasteiger partial charge on any atom is -0.478 e. The molecule has 3 amide bonds. The molecule has 5 N–H and O–H groups in total. The van der Waals surface area contributed by atoms with Crippen molar-refractivity contribution in [2.24, 2.45) is 0 Å². The Kier molecular flexibility index (Phi) is 10.2. The summed E-state index contributed by atoms with van der Waals surface area (Å²) in [5, 5.41) is 29.4. The molecule has 0 atom stereocenters. The van der Waals surface area contributed by atoms with Gasteiger partial charge in [0.05, 0.1) is 5.56 Å². The van der Waals surface area contributed by atoms with Crippen LogP contribution in [-0.2, 0) is 16.0 Å². The quantitative estimate of drug-likeness (QED) is 0.104. The second kappa shape index (κ2) is 14.2. The van der Waals surface area contributed by atoms with E-state index in [1.807, 2.05) is 49.6 Å². The summed E-state index contributed by atoms with van der Waals surface area (Å²) in [6, 6.07) is 17.5. The lowest BCUT2D eigenvalue weighted by atomic mass is 9.91. The lowest BCUT2D eigenvalue weighted by Gasteiger charge is -2.30. The number of alkyl carbamates (subject to hydrolysis) is 2. The Labute approximate surface area is 291 Å². The molecule has 0 bridgehead atoms. The van der Waals surface area contributed by atoms with Crippen LogP contribution in [0.1, 0.15) is 99.2 Å². The molecular weight excluding hydrogens is 638 g/mol. The van der Waals surface area contributed by atoms with Gasteiger partial charge in [0, 0.05) is 35.1 Å². The van der Waals surface area contributed by atoms with Crippen molar-refractivity contribution in [2.75, 3.05) is 0 Å². The Morgan fingerprint density at radius 2 is 1.40 bits per heavy atom. The molecule has 12 nitrogen and oxygen atoms in total. The van der Waals surface area contributed by atoms with Gasteiger partial charge in [0.15, 0.2) is 0 Å². The maximum Gasteiger partial charge on any atom is 0.413 e. The number of amidine groups is 1. The van der Waals surface area contributed by atoms with Gasteiger partial charge < -0.3 is 29.8 Å². The molecule has 0 unspecified atom stereocenters. The molecule has 1 aliphatic rings. The van der Waals surface area contributed by atoms with Gasteiger partial charge in [-0.15, -0.1) is 0 Å². The molecule has 3 aromatic carbocycles. The minimum atomic E-state index is -1.06. The van der Waals surface area contributed by atoms with Crippen LogP contribution in [0.15, 0.2) is 60.7 Å². The summed E-state index contributed by atoms with van der Waals surface area (Å²) in [4.78, 5) is 50.8. The van der Waals surface area contributed by atoms with Gasteiger partial charge in [-0.05, 0) is 108 Å². The molecule has 1 heterocycles. The van der Waals surface area contributed by atoms with E-state index in [4.69, 9.17) is 14.9 Å². The summed E-state index contributed by atoms with van der Waals surface area (Å²) >= 11 is 0. The number of benzene rings is 3. The smallest absolute Gasteiger partial charge is 0.413 e.